The number of nitrogens with one attached hydrogen (secondary N) is 1. The summed E-state index contributed by atoms with van der Waals surface area (Å²) in [5.74, 6) is -0.400. The number of methoxy groups -OCH3 is 1. The lowest BCUT2D eigenvalue weighted by Crippen LogP contribution is -2.57. The number of hydrogen-bond donors (Lipinski definition) is 1. The maximum atomic E-state index is 12.6. The fourth-order valence-corrected chi connectivity index (χ4v) is 7.20. The van der Waals surface area contributed by atoms with Gasteiger partial charge in [0.2, 0.25) is 0 Å². The number of alkyl carbamates (subject to hydrolysis) is 1. The third-order valence-electron chi connectivity index (χ3n) is 5.47. The molecular formula is C22H37NO4Si. The first-order valence-corrected chi connectivity index (χ1v) is 13.5. The quantitative estimate of drug-likeness (QED) is 0.312. The molecule has 1 rings (SSSR count). The summed E-state index contributed by atoms with van der Waals surface area (Å²) in [5.41, 5.74) is 0.0217. The van der Waals surface area contributed by atoms with Crippen LogP contribution < -0.4 is 10.5 Å². The van der Waals surface area contributed by atoms with E-state index in [0.29, 0.717) is 0 Å². The van der Waals surface area contributed by atoms with Crippen LogP contribution in [0.3, 0.4) is 0 Å². The summed E-state index contributed by atoms with van der Waals surface area (Å²) < 4.78 is 10.1. The Balaban J connectivity index is 3.12. The van der Waals surface area contributed by atoms with Crippen LogP contribution in [0.25, 0.3) is 0 Å². The van der Waals surface area contributed by atoms with Crippen LogP contribution in [-0.2, 0) is 14.3 Å². The lowest BCUT2D eigenvalue weighted by atomic mass is 10.0. The van der Waals surface area contributed by atoms with E-state index in [1.165, 1.54) is 31.6 Å². The molecule has 1 aromatic carbocycles. The van der Waals surface area contributed by atoms with Gasteiger partial charge in [-0.2, -0.15) is 0 Å². The summed E-state index contributed by atoms with van der Waals surface area (Å²) in [6, 6.07) is 9.65. The monoisotopic (exact) mass is 407 g/mol. The molecule has 5 nitrogen and oxygen atoms in total. The van der Waals surface area contributed by atoms with Crippen molar-refractivity contribution in [2.24, 2.45) is 0 Å². The molecule has 6 heteroatoms. The predicted octanol–water partition coefficient (Wildman–Crippen LogP) is 4.62. The molecular weight excluding hydrogens is 370 g/mol. The highest BCUT2D eigenvalue weighted by molar-refractivity contribution is 6.91. The largest absolute Gasteiger partial charge is 0.467 e. The summed E-state index contributed by atoms with van der Waals surface area (Å²) in [6.45, 7) is 8.75. The van der Waals surface area contributed by atoms with Crippen molar-refractivity contribution >= 4 is 25.3 Å². The van der Waals surface area contributed by atoms with Crippen LogP contribution >= 0.6 is 0 Å². The van der Waals surface area contributed by atoms with Gasteiger partial charge in [-0.05, 0) is 18.9 Å². The fourth-order valence-electron chi connectivity index (χ4n) is 3.74. The van der Waals surface area contributed by atoms with Crippen LogP contribution in [0.4, 0.5) is 4.79 Å². The molecule has 2 atom stereocenters. The number of unbranched alkanes of at least 4 members (excludes halogenated alkanes) is 4. The second kappa shape index (κ2) is 12.6. The summed E-state index contributed by atoms with van der Waals surface area (Å²) in [4.78, 5) is 24.8. The van der Waals surface area contributed by atoms with Crippen LogP contribution in [0.5, 0.6) is 0 Å². The lowest BCUT2D eigenvalue weighted by molar-refractivity contribution is -0.143. The number of amides is 1. The lowest BCUT2D eigenvalue weighted by Gasteiger charge is -2.37. The van der Waals surface area contributed by atoms with Gasteiger partial charge >= 0.3 is 12.1 Å². The average molecular weight is 408 g/mol. The minimum absolute atomic E-state index is 0.0217. The van der Waals surface area contributed by atoms with Crippen LogP contribution in [0.2, 0.25) is 18.6 Å². The Morgan fingerprint density at radius 2 is 1.68 bits per heavy atom. The Bertz CT molecular complexity index is 591. The number of rotatable bonds is 12. The van der Waals surface area contributed by atoms with Crippen LogP contribution in [0, 0.1) is 0 Å². The van der Waals surface area contributed by atoms with E-state index in [0.717, 1.165) is 19.3 Å². The third-order valence-corrected chi connectivity index (χ3v) is 9.77. The molecule has 0 saturated heterocycles. The summed E-state index contributed by atoms with van der Waals surface area (Å²) in [5, 5.41) is 4.07. The number of esters is 1. The number of hydrogen-bond acceptors (Lipinski definition) is 4. The number of ether oxygens (including phenoxy) is 2. The zero-order valence-corrected chi connectivity index (χ0v) is 19.1. The summed E-state index contributed by atoms with van der Waals surface area (Å²) in [6.07, 6.45) is 6.11. The van der Waals surface area contributed by atoms with E-state index >= 15 is 0 Å². The van der Waals surface area contributed by atoms with E-state index in [4.69, 9.17) is 9.47 Å². The standard InChI is InChI=1S/C22H37NO4Si/c1-6-8-9-10-14-17-19(28(4,5)18-15-12-11-13-16-18)20(21(24)26-3)23-22(25)27-7-2/h11-13,15-16,19-20H,6-10,14,17H2,1-5H3,(H,23,25)/t19-,20-/m0/s1. The topological polar surface area (TPSA) is 64.6 Å². The second-order valence-corrected chi connectivity index (χ2v) is 12.5. The average Bonchev–Trinajstić information content (AvgIpc) is 2.69. The van der Waals surface area contributed by atoms with Gasteiger partial charge in [0.1, 0.15) is 6.04 Å². The maximum absolute atomic E-state index is 12.6. The van der Waals surface area contributed by atoms with Gasteiger partial charge in [0, 0.05) is 0 Å². The molecule has 28 heavy (non-hydrogen) atoms. The number of carbonyl (C=O) groups excluding carboxylic acids is 2. The molecule has 0 aliphatic rings. The summed E-state index contributed by atoms with van der Waals surface area (Å²) >= 11 is 0. The van der Waals surface area contributed by atoms with Crippen molar-refractivity contribution in [1.82, 2.24) is 5.32 Å². The van der Waals surface area contributed by atoms with E-state index in [2.05, 4.69) is 37.5 Å². The van der Waals surface area contributed by atoms with E-state index < -0.39 is 26.2 Å². The second-order valence-electron chi connectivity index (χ2n) is 7.76. The minimum Gasteiger partial charge on any atom is -0.467 e. The van der Waals surface area contributed by atoms with Gasteiger partial charge in [-0.15, -0.1) is 0 Å². The van der Waals surface area contributed by atoms with Gasteiger partial charge in [-0.25, -0.2) is 9.59 Å². The van der Waals surface area contributed by atoms with Crippen molar-refractivity contribution in [3.8, 4) is 0 Å². The SMILES string of the molecule is CCCCCCC[C@@H]([C@H](NC(=O)OCC)C(=O)OC)[Si](C)(C)c1ccccc1. The van der Waals surface area contributed by atoms with E-state index in [-0.39, 0.29) is 12.1 Å². The van der Waals surface area contributed by atoms with Gasteiger partial charge in [0.25, 0.3) is 0 Å². The molecule has 0 saturated carbocycles. The van der Waals surface area contributed by atoms with Crippen molar-refractivity contribution in [3.63, 3.8) is 0 Å². The van der Waals surface area contributed by atoms with Crippen LogP contribution in [0.1, 0.15) is 52.4 Å². The molecule has 158 valence electrons. The first-order valence-electron chi connectivity index (χ1n) is 10.4. The van der Waals surface area contributed by atoms with Crippen molar-refractivity contribution < 1.29 is 19.1 Å². The first-order chi connectivity index (χ1) is 13.4. The normalized spacial score (nSPS) is 13.5. The van der Waals surface area contributed by atoms with Crippen LogP contribution in [0.15, 0.2) is 30.3 Å². The van der Waals surface area contributed by atoms with Gasteiger partial charge in [-0.3, -0.25) is 0 Å². The highest BCUT2D eigenvalue weighted by Crippen LogP contribution is 2.32. The maximum Gasteiger partial charge on any atom is 0.407 e. The van der Waals surface area contributed by atoms with E-state index in [1.54, 1.807) is 6.92 Å². The molecule has 0 unspecified atom stereocenters. The third kappa shape index (κ3) is 7.30. The van der Waals surface area contributed by atoms with Crippen molar-refractivity contribution in [1.29, 1.82) is 0 Å². The van der Waals surface area contributed by atoms with Crippen molar-refractivity contribution in [2.45, 2.75) is 77.0 Å². The fraction of sp³-hybridized carbons (Fsp3) is 0.636. The van der Waals surface area contributed by atoms with Crippen LogP contribution in [-0.4, -0.2) is 39.9 Å². The zero-order chi connectivity index (χ0) is 21.0. The first kappa shape index (κ1) is 24.2. The molecule has 0 aliphatic heterocycles. The molecule has 0 aliphatic carbocycles. The molecule has 0 aromatic heterocycles. The predicted molar refractivity (Wildman–Crippen MR) is 117 cm³/mol. The Labute approximate surface area is 171 Å². The molecule has 1 N–H and O–H groups in total. The zero-order valence-electron chi connectivity index (χ0n) is 18.1. The summed E-state index contributed by atoms with van der Waals surface area (Å²) in [7, 11) is -0.708. The molecule has 1 aromatic rings. The minimum atomic E-state index is -2.08. The van der Waals surface area contributed by atoms with Gasteiger partial charge < -0.3 is 14.8 Å². The Hall–Kier alpha value is -1.82. The molecule has 1 amide bonds. The van der Waals surface area contributed by atoms with Gasteiger partial charge in [0.15, 0.2) is 0 Å². The number of carbonyl (C=O) groups is 2. The van der Waals surface area contributed by atoms with E-state index in [1.807, 2.05) is 18.2 Å². The Kier molecular flexibility index (Phi) is 10.9. The highest BCUT2D eigenvalue weighted by Gasteiger charge is 2.43. The molecule has 0 fully saturated rings. The van der Waals surface area contributed by atoms with E-state index in [9.17, 15) is 9.59 Å². The number of benzene rings is 1. The van der Waals surface area contributed by atoms with Crippen molar-refractivity contribution in [2.75, 3.05) is 13.7 Å². The Morgan fingerprint density at radius 3 is 2.25 bits per heavy atom. The van der Waals surface area contributed by atoms with Gasteiger partial charge in [-0.1, -0.05) is 87.6 Å². The molecule has 0 radical (unpaired) electrons. The smallest absolute Gasteiger partial charge is 0.407 e. The Morgan fingerprint density at radius 1 is 1.04 bits per heavy atom. The molecule has 0 bridgehead atoms. The molecule has 0 spiro atoms. The molecule has 0 heterocycles. The van der Waals surface area contributed by atoms with Crippen molar-refractivity contribution in [3.05, 3.63) is 30.3 Å². The highest BCUT2D eigenvalue weighted by atomic mass is 28.3. The van der Waals surface area contributed by atoms with Gasteiger partial charge in [0.05, 0.1) is 21.8 Å².